The summed E-state index contributed by atoms with van der Waals surface area (Å²) in [6, 6.07) is 14.0. The number of nitrogens with zero attached hydrogens (tertiary/aromatic N) is 5. The van der Waals surface area contributed by atoms with Crippen molar-refractivity contribution in [2.75, 3.05) is 11.1 Å². The predicted molar refractivity (Wildman–Crippen MR) is 135 cm³/mol. The van der Waals surface area contributed by atoms with Crippen LogP contribution in [0, 0.1) is 26.6 Å². The Hall–Kier alpha value is -4.60. The summed E-state index contributed by atoms with van der Waals surface area (Å²) >= 11 is 0. The summed E-state index contributed by atoms with van der Waals surface area (Å²) < 4.78 is 20.3. The molecule has 0 saturated heterocycles. The lowest BCUT2D eigenvalue weighted by Crippen LogP contribution is -2.10. The lowest BCUT2D eigenvalue weighted by Gasteiger charge is -2.07. The molecule has 0 spiro atoms. The molecule has 0 bridgehead atoms. The molecular weight excluding hydrogens is 461 g/mol. The highest BCUT2D eigenvalue weighted by Crippen LogP contribution is 2.17. The van der Waals surface area contributed by atoms with Gasteiger partial charge in [0.1, 0.15) is 5.82 Å². The number of carbonyl (C=O) groups is 1. The van der Waals surface area contributed by atoms with Crippen LogP contribution in [-0.4, -0.2) is 30.7 Å². The maximum absolute atomic E-state index is 13.1. The van der Waals surface area contributed by atoms with Crippen LogP contribution < -0.4 is 11.1 Å². The zero-order valence-corrected chi connectivity index (χ0v) is 20.2. The maximum atomic E-state index is 13.1. The molecule has 0 fully saturated rings. The number of nitrogens with two attached hydrogens (primary N) is 1. The molecule has 0 aliphatic carbocycles. The molecular formula is C26H26FN7O2. The van der Waals surface area contributed by atoms with E-state index in [2.05, 4.69) is 56.6 Å². The van der Waals surface area contributed by atoms with Crippen LogP contribution in [0.4, 0.5) is 22.0 Å². The lowest BCUT2D eigenvalue weighted by atomic mass is 10.1. The Morgan fingerprint density at radius 3 is 2.50 bits per heavy atom. The van der Waals surface area contributed by atoms with Crippen molar-refractivity contribution in [3.8, 4) is 0 Å². The van der Waals surface area contributed by atoms with Gasteiger partial charge in [0.25, 0.3) is 0 Å². The summed E-state index contributed by atoms with van der Waals surface area (Å²) in [4.78, 5) is 24.5. The van der Waals surface area contributed by atoms with Crippen LogP contribution in [0.3, 0.4) is 0 Å². The number of aryl methyl sites for hydroxylation is 2. The number of hydrogen-bond acceptors (Lipinski definition) is 8. The molecule has 2 aromatic heterocycles. The summed E-state index contributed by atoms with van der Waals surface area (Å²) in [7, 11) is 0. The largest absolute Gasteiger partial charge is 0.454 e. The van der Waals surface area contributed by atoms with E-state index in [4.69, 9.17) is 10.5 Å². The molecule has 2 heterocycles. The van der Waals surface area contributed by atoms with Crippen LogP contribution in [0.1, 0.15) is 33.9 Å². The predicted octanol–water partition coefficient (Wildman–Crippen LogP) is 4.26. The van der Waals surface area contributed by atoms with Crippen molar-refractivity contribution < 1.29 is 13.9 Å². The fraction of sp³-hybridized carbons (Fsp3) is 0.192. The average molecular weight is 488 g/mol. The number of hydrogen-bond donors (Lipinski definition) is 2. The number of benzene rings is 2. The molecule has 0 aliphatic heterocycles. The average Bonchev–Trinajstić information content (AvgIpc) is 3.11. The minimum absolute atomic E-state index is 0.0385. The van der Waals surface area contributed by atoms with E-state index in [9.17, 15) is 9.18 Å². The quantitative estimate of drug-likeness (QED) is 0.279. The van der Waals surface area contributed by atoms with Crippen molar-refractivity contribution in [3.63, 3.8) is 0 Å². The number of nitrogens with one attached hydrogen (secondary N) is 1. The number of ether oxygens (including phenoxy) is 1. The highest BCUT2D eigenvalue weighted by atomic mass is 19.1. The van der Waals surface area contributed by atoms with E-state index < -0.39 is 5.97 Å². The second-order valence-electron chi connectivity index (χ2n) is 8.23. The third-order valence-corrected chi connectivity index (χ3v) is 5.42. The molecule has 4 rings (SSSR count). The molecule has 0 atom stereocenters. The summed E-state index contributed by atoms with van der Waals surface area (Å²) in [5, 5.41) is 7.51. The van der Waals surface area contributed by atoms with Crippen molar-refractivity contribution in [2.24, 2.45) is 0 Å². The summed E-state index contributed by atoms with van der Waals surface area (Å²) in [5.74, 6) is -0.633. The van der Waals surface area contributed by atoms with Crippen molar-refractivity contribution >= 4 is 29.6 Å². The highest BCUT2D eigenvalue weighted by Gasteiger charge is 2.11. The monoisotopic (exact) mass is 487 g/mol. The van der Waals surface area contributed by atoms with E-state index in [1.807, 2.05) is 18.5 Å². The molecule has 36 heavy (non-hydrogen) atoms. The standard InChI is InChI=1S/C26H26FN7O2/c1-16-4-6-19(7-5-16)14-34-18(3)22(17(2)33-34)12-13-24(35)36-15-23-30-25(28)32-26(31-23)29-21-10-8-20(27)9-11-21/h4-13H,14-15H2,1-3H3,(H3,28,29,30,31,32). The van der Waals surface area contributed by atoms with Gasteiger partial charge in [-0.1, -0.05) is 29.8 Å². The van der Waals surface area contributed by atoms with Crippen LogP contribution in [-0.2, 0) is 22.7 Å². The molecule has 0 amide bonds. The maximum Gasteiger partial charge on any atom is 0.331 e. The van der Waals surface area contributed by atoms with Gasteiger partial charge in [-0.25, -0.2) is 9.18 Å². The first-order valence-electron chi connectivity index (χ1n) is 11.2. The first-order chi connectivity index (χ1) is 17.3. The van der Waals surface area contributed by atoms with Gasteiger partial charge in [0.2, 0.25) is 11.9 Å². The van der Waals surface area contributed by atoms with Gasteiger partial charge in [-0.3, -0.25) is 4.68 Å². The molecule has 3 N–H and O–H groups in total. The van der Waals surface area contributed by atoms with Crippen molar-refractivity contribution in [2.45, 2.75) is 33.9 Å². The van der Waals surface area contributed by atoms with E-state index in [-0.39, 0.29) is 30.1 Å². The van der Waals surface area contributed by atoms with Crippen molar-refractivity contribution in [3.05, 3.63) is 94.3 Å². The van der Waals surface area contributed by atoms with Crippen LogP contribution >= 0.6 is 0 Å². The van der Waals surface area contributed by atoms with E-state index in [1.165, 1.54) is 35.9 Å². The Labute approximate surface area is 207 Å². The summed E-state index contributed by atoms with van der Waals surface area (Å²) in [5.41, 5.74) is 11.3. The van der Waals surface area contributed by atoms with Crippen molar-refractivity contribution in [1.82, 2.24) is 24.7 Å². The van der Waals surface area contributed by atoms with Gasteiger partial charge in [-0.15, -0.1) is 0 Å². The fourth-order valence-electron chi connectivity index (χ4n) is 3.53. The van der Waals surface area contributed by atoms with E-state index >= 15 is 0 Å². The SMILES string of the molecule is Cc1ccc(Cn2nc(C)c(C=CC(=O)OCc3nc(N)nc(Nc4ccc(F)cc4)n3)c2C)cc1. The fourth-order valence-corrected chi connectivity index (χ4v) is 3.53. The second kappa shape index (κ2) is 10.8. The molecule has 0 radical (unpaired) electrons. The highest BCUT2D eigenvalue weighted by molar-refractivity contribution is 5.87. The summed E-state index contributed by atoms with van der Waals surface area (Å²) in [6.07, 6.45) is 3.03. The number of carbonyl (C=O) groups excluding carboxylic acids is 1. The van der Waals surface area contributed by atoms with Crippen LogP contribution in [0.5, 0.6) is 0 Å². The molecule has 0 unspecified atom stereocenters. The Morgan fingerprint density at radius 2 is 1.78 bits per heavy atom. The topological polar surface area (TPSA) is 121 Å². The number of nitrogen functional groups attached to an aromatic ring is 1. The number of aromatic nitrogens is 5. The number of halogens is 1. The first kappa shape index (κ1) is 24.5. The van der Waals surface area contributed by atoms with E-state index in [0.717, 1.165) is 22.5 Å². The number of rotatable bonds is 8. The van der Waals surface area contributed by atoms with Gasteiger partial charge >= 0.3 is 5.97 Å². The lowest BCUT2D eigenvalue weighted by molar-refractivity contribution is -0.139. The minimum atomic E-state index is -0.563. The Morgan fingerprint density at radius 1 is 1.06 bits per heavy atom. The number of anilines is 3. The molecule has 10 heteroatoms. The van der Waals surface area contributed by atoms with Gasteiger partial charge in [0.05, 0.1) is 12.2 Å². The molecule has 9 nitrogen and oxygen atoms in total. The van der Waals surface area contributed by atoms with Crippen molar-refractivity contribution in [1.29, 1.82) is 0 Å². The van der Waals surface area contributed by atoms with Gasteiger partial charge in [-0.05, 0) is 56.7 Å². The number of esters is 1. The van der Waals surface area contributed by atoms with Gasteiger partial charge < -0.3 is 15.8 Å². The molecule has 0 aliphatic rings. The van der Waals surface area contributed by atoms with Crippen LogP contribution in [0.2, 0.25) is 0 Å². The zero-order chi connectivity index (χ0) is 25.7. The van der Waals surface area contributed by atoms with E-state index in [1.54, 1.807) is 6.08 Å². The zero-order valence-electron chi connectivity index (χ0n) is 20.2. The third kappa shape index (κ3) is 6.29. The summed E-state index contributed by atoms with van der Waals surface area (Å²) in [6.45, 7) is 6.35. The minimum Gasteiger partial charge on any atom is -0.454 e. The third-order valence-electron chi connectivity index (χ3n) is 5.42. The first-order valence-corrected chi connectivity index (χ1v) is 11.2. The molecule has 0 saturated carbocycles. The van der Waals surface area contributed by atoms with E-state index in [0.29, 0.717) is 12.2 Å². The molecule has 184 valence electrons. The molecule has 4 aromatic rings. The van der Waals surface area contributed by atoms with Gasteiger partial charge in [-0.2, -0.15) is 20.1 Å². The normalized spacial score (nSPS) is 11.1. The second-order valence-corrected chi connectivity index (χ2v) is 8.23. The Balaban J connectivity index is 1.38. The Kier molecular flexibility index (Phi) is 7.33. The van der Waals surface area contributed by atoms with Gasteiger partial charge in [0, 0.05) is 23.0 Å². The van der Waals surface area contributed by atoms with Crippen LogP contribution in [0.15, 0.2) is 54.6 Å². The van der Waals surface area contributed by atoms with Gasteiger partial charge in [0.15, 0.2) is 12.4 Å². The molecule has 2 aromatic carbocycles. The Bertz CT molecular complexity index is 1400. The van der Waals surface area contributed by atoms with Crippen LogP contribution in [0.25, 0.3) is 6.08 Å². The smallest absolute Gasteiger partial charge is 0.331 e.